The highest BCUT2D eigenvalue weighted by molar-refractivity contribution is 6.07. The Morgan fingerprint density at radius 3 is 2.47 bits per heavy atom. The number of rotatable bonds is 5. The van der Waals surface area contributed by atoms with Crippen molar-refractivity contribution in [2.75, 3.05) is 11.9 Å². The number of carbonyl (C=O) groups is 2. The number of carbonyl (C=O) groups excluding carboxylic acids is 1. The fraction of sp³-hybridized carbons (Fsp3) is 0.429. The number of anilines is 1. The number of hydrogen-bond acceptors (Lipinski definition) is 3. The van der Waals surface area contributed by atoms with Gasteiger partial charge >= 0.3 is 5.97 Å². The molecule has 0 aliphatic carbocycles. The van der Waals surface area contributed by atoms with Gasteiger partial charge in [-0.25, -0.2) is 0 Å². The van der Waals surface area contributed by atoms with Crippen molar-refractivity contribution >= 4 is 17.6 Å². The second-order valence-electron chi connectivity index (χ2n) is 4.80. The minimum Gasteiger partial charge on any atom is -0.494 e. The molecule has 0 unspecified atom stereocenters. The molecule has 0 aliphatic heterocycles. The highest BCUT2D eigenvalue weighted by Gasteiger charge is 2.36. The molecule has 0 fully saturated rings. The Balaban J connectivity index is 2.87. The Morgan fingerprint density at radius 1 is 1.37 bits per heavy atom. The number of ether oxygens (including phenoxy) is 1. The molecule has 1 amide bonds. The summed E-state index contributed by atoms with van der Waals surface area (Å²) < 4.78 is 5.40. The summed E-state index contributed by atoms with van der Waals surface area (Å²) in [4.78, 5) is 22.9. The molecule has 0 radical (unpaired) electrons. The molecule has 5 heteroatoms. The lowest BCUT2D eigenvalue weighted by Gasteiger charge is -2.19. The Morgan fingerprint density at radius 2 is 2.00 bits per heavy atom. The maximum Gasteiger partial charge on any atom is 0.318 e. The van der Waals surface area contributed by atoms with E-state index in [-0.39, 0.29) is 0 Å². The summed E-state index contributed by atoms with van der Waals surface area (Å²) in [5.74, 6) is -0.964. The smallest absolute Gasteiger partial charge is 0.318 e. The molecular weight excluding hydrogens is 246 g/mol. The van der Waals surface area contributed by atoms with Crippen LogP contribution in [-0.2, 0) is 9.59 Å². The van der Waals surface area contributed by atoms with E-state index in [1.54, 1.807) is 18.2 Å². The minimum atomic E-state index is -1.47. The van der Waals surface area contributed by atoms with Crippen LogP contribution in [0.1, 0.15) is 26.3 Å². The van der Waals surface area contributed by atoms with Gasteiger partial charge in [0.1, 0.15) is 11.2 Å². The largest absolute Gasteiger partial charge is 0.494 e. The lowest BCUT2D eigenvalue weighted by molar-refractivity contribution is -0.151. The van der Waals surface area contributed by atoms with Gasteiger partial charge in [0.2, 0.25) is 5.91 Å². The van der Waals surface area contributed by atoms with Gasteiger partial charge in [0.05, 0.1) is 6.61 Å². The first-order valence-corrected chi connectivity index (χ1v) is 6.07. The van der Waals surface area contributed by atoms with Crippen molar-refractivity contribution in [2.45, 2.75) is 27.7 Å². The van der Waals surface area contributed by atoms with Crippen LogP contribution in [0.2, 0.25) is 0 Å². The first kappa shape index (κ1) is 15.0. The van der Waals surface area contributed by atoms with Crippen LogP contribution in [0.5, 0.6) is 5.75 Å². The number of carboxylic acids is 1. The molecule has 5 nitrogen and oxygen atoms in total. The molecule has 0 saturated carbocycles. The van der Waals surface area contributed by atoms with Crippen LogP contribution in [-0.4, -0.2) is 23.6 Å². The number of carboxylic acid groups (broad SMARTS) is 1. The van der Waals surface area contributed by atoms with E-state index in [2.05, 4.69) is 5.32 Å². The zero-order valence-electron chi connectivity index (χ0n) is 11.6. The maximum absolute atomic E-state index is 11.9. The second kappa shape index (κ2) is 5.73. The normalized spacial score (nSPS) is 10.9. The second-order valence-corrected chi connectivity index (χ2v) is 4.80. The summed E-state index contributed by atoms with van der Waals surface area (Å²) >= 11 is 0. The molecule has 104 valence electrons. The van der Waals surface area contributed by atoms with Crippen molar-refractivity contribution in [3.8, 4) is 5.75 Å². The zero-order chi connectivity index (χ0) is 14.6. The van der Waals surface area contributed by atoms with E-state index in [1.807, 2.05) is 13.8 Å². The van der Waals surface area contributed by atoms with E-state index in [1.165, 1.54) is 13.8 Å². The van der Waals surface area contributed by atoms with Gasteiger partial charge in [-0.2, -0.15) is 0 Å². The van der Waals surface area contributed by atoms with Crippen LogP contribution in [0.15, 0.2) is 18.2 Å². The molecule has 0 heterocycles. The van der Waals surface area contributed by atoms with E-state index in [4.69, 9.17) is 9.84 Å². The van der Waals surface area contributed by atoms with Crippen LogP contribution in [0.25, 0.3) is 0 Å². The van der Waals surface area contributed by atoms with Crippen LogP contribution >= 0.6 is 0 Å². The monoisotopic (exact) mass is 265 g/mol. The van der Waals surface area contributed by atoms with Crippen molar-refractivity contribution in [2.24, 2.45) is 5.41 Å². The van der Waals surface area contributed by atoms with Gasteiger partial charge in [0.25, 0.3) is 0 Å². The van der Waals surface area contributed by atoms with Crippen LogP contribution < -0.4 is 10.1 Å². The fourth-order valence-corrected chi connectivity index (χ4v) is 1.43. The summed E-state index contributed by atoms with van der Waals surface area (Å²) in [6.07, 6.45) is 0. The summed E-state index contributed by atoms with van der Waals surface area (Å²) in [6.45, 7) is 7.06. The summed E-state index contributed by atoms with van der Waals surface area (Å²) in [7, 11) is 0. The average molecular weight is 265 g/mol. The molecule has 0 aliphatic rings. The van der Waals surface area contributed by atoms with Crippen molar-refractivity contribution in [1.29, 1.82) is 0 Å². The SMILES string of the molecule is CCOc1ccc(NC(=O)C(C)(C)C(=O)O)cc1C. The predicted octanol–water partition coefficient (Wildman–Crippen LogP) is 2.44. The van der Waals surface area contributed by atoms with Crippen LogP contribution in [0.4, 0.5) is 5.69 Å². The van der Waals surface area contributed by atoms with E-state index in [0.29, 0.717) is 12.3 Å². The Hall–Kier alpha value is -2.04. The van der Waals surface area contributed by atoms with Crippen molar-refractivity contribution in [3.63, 3.8) is 0 Å². The molecule has 1 aromatic rings. The number of amides is 1. The third kappa shape index (κ3) is 3.47. The molecule has 0 atom stereocenters. The minimum absolute atomic E-state index is 0.552. The summed E-state index contributed by atoms with van der Waals surface area (Å²) in [5.41, 5.74) is -0.0278. The third-order valence-corrected chi connectivity index (χ3v) is 2.83. The molecule has 0 saturated heterocycles. The average Bonchev–Trinajstić information content (AvgIpc) is 2.32. The molecule has 0 bridgehead atoms. The number of benzene rings is 1. The highest BCUT2D eigenvalue weighted by atomic mass is 16.5. The van der Waals surface area contributed by atoms with Gasteiger partial charge in [0, 0.05) is 5.69 Å². The fourth-order valence-electron chi connectivity index (χ4n) is 1.43. The topological polar surface area (TPSA) is 75.6 Å². The van der Waals surface area contributed by atoms with Gasteiger partial charge in [-0.15, -0.1) is 0 Å². The van der Waals surface area contributed by atoms with Crippen molar-refractivity contribution in [3.05, 3.63) is 23.8 Å². The van der Waals surface area contributed by atoms with E-state index >= 15 is 0 Å². The van der Waals surface area contributed by atoms with Gasteiger partial charge in [-0.3, -0.25) is 9.59 Å². The Bertz CT molecular complexity index is 494. The van der Waals surface area contributed by atoms with Gasteiger partial charge in [-0.1, -0.05) is 0 Å². The molecule has 0 spiro atoms. The van der Waals surface area contributed by atoms with Gasteiger partial charge in [0.15, 0.2) is 0 Å². The maximum atomic E-state index is 11.9. The molecular formula is C14H19NO4. The van der Waals surface area contributed by atoms with Crippen molar-refractivity contribution in [1.82, 2.24) is 0 Å². The van der Waals surface area contributed by atoms with Gasteiger partial charge < -0.3 is 15.2 Å². The first-order chi connectivity index (χ1) is 8.78. The Kier molecular flexibility index (Phi) is 4.53. The summed E-state index contributed by atoms with van der Waals surface area (Å²) in [5, 5.41) is 11.6. The first-order valence-electron chi connectivity index (χ1n) is 6.07. The number of aryl methyl sites for hydroxylation is 1. The number of hydrogen-bond donors (Lipinski definition) is 2. The molecule has 2 N–H and O–H groups in total. The van der Waals surface area contributed by atoms with Crippen molar-refractivity contribution < 1.29 is 19.4 Å². The number of aliphatic carboxylic acids is 1. The predicted molar refractivity (Wildman–Crippen MR) is 72.4 cm³/mol. The molecule has 1 aromatic carbocycles. The lowest BCUT2D eigenvalue weighted by Crippen LogP contribution is -2.37. The number of nitrogens with one attached hydrogen (secondary N) is 1. The quantitative estimate of drug-likeness (QED) is 0.802. The van der Waals surface area contributed by atoms with E-state index < -0.39 is 17.3 Å². The van der Waals surface area contributed by atoms with Crippen LogP contribution in [0, 0.1) is 12.3 Å². The third-order valence-electron chi connectivity index (χ3n) is 2.83. The Labute approximate surface area is 112 Å². The molecule has 19 heavy (non-hydrogen) atoms. The standard InChI is InChI=1S/C14H19NO4/c1-5-19-11-7-6-10(8-9(11)2)15-12(16)14(3,4)13(17)18/h6-8H,5H2,1-4H3,(H,15,16)(H,17,18). The highest BCUT2D eigenvalue weighted by Crippen LogP contribution is 2.24. The lowest BCUT2D eigenvalue weighted by atomic mass is 9.92. The van der Waals surface area contributed by atoms with E-state index in [9.17, 15) is 9.59 Å². The summed E-state index contributed by atoms with van der Waals surface area (Å²) in [6, 6.07) is 5.19. The van der Waals surface area contributed by atoms with Crippen LogP contribution in [0.3, 0.4) is 0 Å². The van der Waals surface area contributed by atoms with E-state index in [0.717, 1.165) is 11.3 Å². The molecule has 1 rings (SSSR count). The zero-order valence-corrected chi connectivity index (χ0v) is 11.6. The molecule has 0 aromatic heterocycles. The van der Waals surface area contributed by atoms with Gasteiger partial charge in [-0.05, 0) is 51.5 Å².